The smallest absolute Gasteiger partial charge is 0.255 e. The average Bonchev–Trinajstić information content (AvgIpc) is 2.94. The molecule has 1 aliphatic heterocycles. The number of amides is 1. The van der Waals surface area contributed by atoms with Crippen LogP contribution in [-0.4, -0.2) is 33.7 Å². The Labute approximate surface area is 151 Å². The minimum atomic E-state index is -3.35. The zero-order chi connectivity index (χ0) is 18.0. The number of ether oxygens (including phenoxy) is 1. The molecule has 0 aliphatic carbocycles. The van der Waals surface area contributed by atoms with E-state index in [1.54, 1.807) is 42.5 Å². The number of methoxy groups -OCH3 is 1. The Morgan fingerprint density at radius 2 is 2.04 bits per heavy atom. The van der Waals surface area contributed by atoms with E-state index in [-0.39, 0.29) is 11.7 Å². The number of sulfonamides is 1. The number of nitrogens with one attached hydrogen (secondary N) is 1. The van der Waals surface area contributed by atoms with Crippen LogP contribution in [0.3, 0.4) is 0 Å². The molecule has 3 rings (SSSR count). The molecule has 0 unspecified atom stereocenters. The van der Waals surface area contributed by atoms with E-state index >= 15 is 0 Å². The molecule has 2 aromatic carbocycles. The highest BCUT2D eigenvalue weighted by molar-refractivity contribution is 7.93. The summed E-state index contributed by atoms with van der Waals surface area (Å²) in [7, 11) is -1.87. The van der Waals surface area contributed by atoms with Crippen molar-refractivity contribution in [2.24, 2.45) is 0 Å². The molecule has 1 amide bonds. The summed E-state index contributed by atoms with van der Waals surface area (Å²) in [5.41, 5.74) is 1.31. The number of anilines is 2. The van der Waals surface area contributed by atoms with Gasteiger partial charge in [-0.25, -0.2) is 8.42 Å². The largest absolute Gasteiger partial charge is 0.495 e. The topological polar surface area (TPSA) is 75.7 Å². The lowest BCUT2D eigenvalue weighted by molar-refractivity contribution is 0.102. The summed E-state index contributed by atoms with van der Waals surface area (Å²) < 4.78 is 31.0. The van der Waals surface area contributed by atoms with Gasteiger partial charge in [-0.2, -0.15) is 0 Å². The Hall–Kier alpha value is -2.25. The highest BCUT2D eigenvalue weighted by atomic mass is 35.5. The summed E-state index contributed by atoms with van der Waals surface area (Å²) in [5, 5.41) is 3.22. The van der Waals surface area contributed by atoms with Crippen molar-refractivity contribution < 1.29 is 17.9 Å². The molecule has 1 aliphatic rings. The highest BCUT2D eigenvalue weighted by Gasteiger charge is 2.30. The van der Waals surface area contributed by atoms with Crippen LogP contribution in [0, 0.1) is 0 Å². The van der Waals surface area contributed by atoms with E-state index < -0.39 is 10.0 Å². The molecule has 1 N–H and O–H groups in total. The summed E-state index contributed by atoms with van der Waals surface area (Å²) in [4.78, 5) is 12.3. The van der Waals surface area contributed by atoms with Crippen molar-refractivity contribution in [2.45, 2.75) is 6.42 Å². The van der Waals surface area contributed by atoms with Gasteiger partial charge in [0.05, 0.1) is 18.6 Å². The van der Waals surface area contributed by atoms with Gasteiger partial charge >= 0.3 is 0 Å². The second kappa shape index (κ2) is 6.93. The summed E-state index contributed by atoms with van der Waals surface area (Å²) in [6, 6.07) is 11.5. The molecule has 0 aromatic heterocycles. The molecule has 132 valence electrons. The summed E-state index contributed by atoms with van der Waals surface area (Å²) >= 11 is 5.90. The Balaban J connectivity index is 1.91. The molecule has 1 fully saturated rings. The maximum atomic E-state index is 12.3. The molecule has 8 heteroatoms. The number of carbonyl (C=O) groups excluding carboxylic acids is 1. The Kier molecular flexibility index (Phi) is 4.87. The van der Waals surface area contributed by atoms with Gasteiger partial charge in [0, 0.05) is 22.8 Å². The average molecular weight is 381 g/mol. The van der Waals surface area contributed by atoms with Crippen molar-refractivity contribution >= 4 is 38.9 Å². The monoisotopic (exact) mass is 380 g/mol. The molecule has 6 nitrogen and oxygen atoms in total. The van der Waals surface area contributed by atoms with Gasteiger partial charge in [0.1, 0.15) is 5.75 Å². The van der Waals surface area contributed by atoms with Crippen molar-refractivity contribution in [3.8, 4) is 5.75 Å². The SMILES string of the molecule is COc1ccc(NC(=O)c2cccc(Cl)c2)cc1N1CCCS1(=O)=O. The van der Waals surface area contributed by atoms with Crippen LogP contribution in [0.2, 0.25) is 5.02 Å². The van der Waals surface area contributed by atoms with Crippen molar-refractivity contribution in [3.05, 3.63) is 53.1 Å². The number of halogens is 1. The quantitative estimate of drug-likeness (QED) is 0.884. The predicted octanol–water partition coefficient (Wildman–Crippen LogP) is 3.14. The van der Waals surface area contributed by atoms with Crippen molar-refractivity contribution in [3.63, 3.8) is 0 Å². The first-order valence-corrected chi connectivity index (χ1v) is 9.65. The number of rotatable bonds is 4. The van der Waals surface area contributed by atoms with Crippen LogP contribution in [0.1, 0.15) is 16.8 Å². The van der Waals surface area contributed by atoms with E-state index in [2.05, 4.69) is 5.32 Å². The number of carbonyl (C=O) groups is 1. The Morgan fingerprint density at radius 3 is 2.68 bits per heavy atom. The van der Waals surface area contributed by atoms with Gasteiger partial charge in [-0.3, -0.25) is 9.10 Å². The fourth-order valence-corrected chi connectivity index (χ4v) is 4.46. The number of hydrogen-bond donors (Lipinski definition) is 1. The van der Waals surface area contributed by atoms with Crippen molar-refractivity contribution in [1.82, 2.24) is 0 Å². The fraction of sp³-hybridized carbons (Fsp3) is 0.235. The first kappa shape index (κ1) is 17.6. The van der Waals surface area contributed by atoms with Crippen LogP contribution in [0.4, 0.5) is 11.4 Å². The maximum absolute atomic E-state index is 12.3. The lowest BCUT2D eigenvalue weighted by Crippen LogP contribution is -2.25. The van der Waals surface area contributed by atoms with Gasteiger partial charge in [0.25, 0.3) is 5.91 Å². The van der Waals surface area contributed by atoms with E-state index in [9.17, 15) is 13.2 Å². The summed E-state index contributed by atoms with van der Waals surface area (Å²) in [6.07, 6.45) is 0.560. The normalized spacial score (nSPS) is 15.8. The molecule has 0 atom stereocenters. The van der Waals surface area contributed by atoms with Gasteiger partial charge in [-0.05, 0) is 42.8 Å². The van der Waals surface area contributed by atoms with Crippen molar-refractivity contribution in [1.29, 1.82) is 0 Å². The molecule has 0 bridgehead atoms. The number of benzene rings is 2. The van der Waals surface area contributed by atoms with Crippen LogP contribution >= 0.6 is 11.6 Å². The molecule has 0 saturated carbocycles. The van der Waals surface area contributed by atoms with E-state index in [0.717, 1.165) is 0 Å². The molecular formula is C17H17ClN2O4S. The number of nitrogens with zero attached hydrogens (tertiary/aromatic N) is 1. The fourth-order valence-electron chi connectivity index (χ4n) is 2.71. The van der Waals surface area contributed by atoms with E-state index in [4.69, 9.17) is 16.3 Å². The standard InChI is InChI=1S/C17H17ClN2O4S/c1-24-16-7-6-14(11-15(16)20-8-3-9-25(20,22)23)19-17(21)12-4-2-5-13(18)10-12/h2,4-7,10-11H,3,8-9H2,1H3,(H,19,21). The molecule has 1 heterocycles. The Morgan fingerprint density at radius 1 is 1.24 bits per heavy atom. The van der Waals surface area contributed by atoms with E-state index in [1.165, 1.54) is 11.4 Å². The second-order valence-corrected chi connectivity index (χ2v) is 8.04. The molecule has 2 aromatic rings. The molecule has 25 heavy (non-hydrogen) atoms. The lowest BCUT2D eigenvalue weighted by atomic mass is 10.2. The second-order valence-electron chi connectivity index (χ2n) is 5.59. The van der Waals surface area contributed by atoms with Crippen LogP contribution in [0.25, 0.3) is 0 Å². The first-order valence-electron chi connectivity index (χ1n) is 7.66. The molecule has 1 saturated heterocycles. The third kappa shape index (κ3) is 3.72. The highest BCUT2D eigenvalue weighted by Crippen LogP contribution is 2.35. The molecule has 0 spiro atoms. The Bertz CT molecular complexity index is 915. The van der Waals surface area contributed by atoms with Crippen molar-refractivity contribution in [2.75, 3.05) is 29.0 Å². The maximum Gasteiger partial charge on any atom is 0.255 e. The first-order chi connectivity index (χ1) is 11.9. The molecular weight excluding hydrogens is 364 g/mol. The number of hydrogen-bond acceptors (Lipinski definition) is 4. The third-order valence-electron chi connectivity index (χ3n) is 3.89. The minimum Gasteiger partial charge on any atom is -0.495 e. The van der Waals surface area contributed by atoms with E-state index in [0.29, 0.717) is 40.7 Å². The zero-order valence-corrected chi connectivity index (χ0v) is 15.1. The van der Waals surface area contributed by atoms with Gasteiger partial charge < -0.3 is 10.1 Å². The van der Waals surface area contributed by atoms with Crippen LogP contribution in [0.5, 0.6) is 5.75 Å². The van der Waals surface area contributed by atoms with Gasteiger partial charge in [-0.15, -0.1) is 0 Å². The zero-order valence-electron chi connectivity index (χ0n) is 13.5. The summed E-state index contributed by atoms with van der Waals surface area (Å²) in [6.45, 7) is 0.393. The third-order valence-corrected chi connectivity index (χ3v) is 5.98. The molecule has 0 radical (unpaired) electrons. The summed E-state index contributed by atoms with van der Waals surface area (Å²) in [5.74, 6) is 0.212. The van der Waals surface area contributed by atoms with Crippen LogP contribution < -0.4 is 14.4 Å². The van der Waals surface area contributed by atoms with Gasteiger partial charge in [-0.1, -0.05) is 17.7 Å². The van der Waals surface area contributed by atoms with Crippen LogP contribution in [0.15, 0.2) is 42.5 Å². The minimum absolute atomic E-state index is 0.106. The predicted molar refractivity (Wildman–Crippen MR) is 98.1 cm³/mol. The van der Waals surface area contributed by atoms with Gasteiger partial charge in [0.2, 0.25) is 10.0 Å². The van der Waals surface area contributed by atoms with Crippen LogP contribution in [-0.2, 0) is 10.0 Å². The lowest BCUT2D eigenvalue weighted by Gasteiger charge is -2.20. The van der Waals surface area contributed by atoms with Gasteiger partial charge in [0.15, 0.2) is 0 Å². The van der Waals surface area contributed by atoms with E-state index in [1.807, 2.05) is 0 Å².